The fourth-order valence-corrected chi connectivity index (χ4v) is 1.94. The smallest absolute Gasteiger partial charge is 0.0589 e. The fraction of sp³-hybridized carbons (Fsp3) is 1.00. The second-order valence-electron chi connectivity index (χ2n) is 4.83. The van der Waals surface area contributed by atoms with E-state index in [0.717, 1.165) is 38.7 Å². The fourth-order valence-electron chi connectivity index (χ4n) is 1.94. The van der Waals surface area contributed by atoms with Gasteiger partial charge in [0.05, 0.1) is 6.61 Å². The minimum atomic E-state index is 0.608. The van der Waals surface area contributed by atoms with E-state index >= 15 is 0 Å². The van der Waals surface area contributed by atoms with Gasteiger partial charge in [-0.2, -0.15) is 0 Å². The Morgan fingerprint density at radius 3 is 2.41 bits per heavy atom. The van der Waals surface area contributed by atoms with Crippen LogP contribution in [0.3, 0.4) is 0 Å². The van der Waals surface area contributed by atoms with Crippen LogP contribution in [0, 0.1) is 5.92 Å². The van der Waals surface area contributed by atoms with Gasteiger partial charge < -0.3 is 10.1 Å². The van der Waals surface area contributed by atoms with Crippen LogP contribution in [0.15, 0.2) is 0 Å². The Kier molecular flexibility index (Phi) is 10.9. The van der Waals surface area contributed by atoms with Crippen molar-refractivity contribution in [3.05, 3.63) is 0 Å². The van der Waals surface area contributed by atoms with Crippen LogP contribution in [-0.2, 0) is 4.74 Å². The molecule has 0 aromatic heterocycles. The van der Waals surface area contributed by atoms with Gasteiger partial charge in [0.15, 0.2) is 0 Å². The third kappa shape index (κ3) is 7.74. The van der Waals surface area contributed by atoms with E-state index < -0.39 is 0 Å². The highest BCUT2D eigenvalue weighted by atomic mass is 16.5. The van der Waals surface area contributed by atoms with E-state index in [0.29, 0.717) is 6.04 Å². The topological polar surface area (TPSA) is 24.5 Å². The Morgan fingerprint density at radius 2 is 1.94 bits per heavy atom. The molecule has 0 aliphatic heterocycles. The van der Waals surface area contributed by atoms with E-state index in [1.807, 2.05) is 0 Å². The lowest BCUT2D eigenvalue weighted by atomic mass is 9.98. The van der Waals surface area contributed by atoms with E-state index in [4.69, 9.17) is 4.74 Å². The molecular weight excluding hydrogens is 212 g/mol. The molecule has 17 heavy (non-hydrogen) atoms. The van der Waals surface area contributed by atoms with Crippen LogP contribution in [0.4, 0.5) is 0 Å². The Hall–Kier alpha value is -0.120. The van der Waals surface area contributed by atoms with Crippen molar-refractivity contribution >= 4 is 0 Å². The molecule has 0 aliphatic carbocycles. The molecular formula is C14H32N2O. The average Bonchev–Trinajstić information content (AvgIpc) is 2.37. The first-order valence-corrected chi connectivity index (χ1v) is 7.14. The summed E-state index contributed by atoms with van der Waals surface area (Å²) >= 11 is 0. The number of ether oxygens (including phenoxy) is 1. The van der Waals surface area contributed by atoms with Gasteiger partial charge in [-0.3, -0.25) is 4.90 Å². The number of rotatable bonds is 11. The molecule has 0 bridgehead atoms. The zero-order valence-electron chi connectivity index (χ0n) is 12.5. The molecule has 0 aromatic carbocycles. The van der Waals surface area contributed by atoms with Crippen molar-refractivity contribution in [2.75, 3.05) is 39.9 Å². The lowest BCUT2D eigenvalue weighted by Gasteiger charge is -2.30. The molecule has 0 saturated heterocycles. The van der Waals surface area contributed by atoms with Gasteiger partial charge in [-0.1, -0.05) is 34.1 Å². The van der Waals surface area contributed by atoms with Gasteiger partial charge in [0.2, 0.25) is 0 Å². The van der Waals surface area contributed by atoms with Crippen LogP contribution >= 0.6 is 0 Å². The molecule has 0 rings (SSSR count). The maximum atomic E-state index is 5.16. The van der Waals surface area contributed by atoms with Gasteiger partial charge in [0.25, 0.3) is 0 Å². The lowest BCUT2D eigenvalue weighted by molar-refractivity contribution is 0.137. The van der Waals surface area contributed by atoms with Gasteiger partial charge in [0, 0.05) is 26.2 Å². The molecule has 2 unspecified atom stereocenters. The maximum absolute atomic E-state index is 5.16. The first-order valence-electron chi connectivity index (χ1n) is 7.14. The van der Waals surface area contributed by atoms with Crippen molar-refractivity contribution in [3.8, 4) is 0 Å². The van der Waals surface area contributed by atoms with Gasteiger partial charge in [-0.15, -0.1) is 0 Å². The number of nitrogens with one attached hydrogen (secondary N) is 1. The number of methoxy groups -OCH3 is 1. The molecule has 0 spiro atoms. The van der Waals surface area contributed by atoms with E-state index in [1.165, 1.54) is 12.8 Å². The average molecular weight is 244 g/mol. The maximum Gasteiger partial charge on any atom is 0.0589 e. The minimum Gasteiger partial charge on any atom is -0.383 e. The molecule has 3 heteroatoms. The van der Waals surface area contributed by atoms with Crippen LogP contribution in [-0.4, -0.2) is 50.8 Å². The molecule has 1 N–H and O–H groups in total. The quantitative estimate of drug-likeness (QED) is 0.604. The summed E-state index contributed by atoms with van der Waals surface area (Å²) in [6.45, 7) is 14.3. The molecule has 0 aliphatic rings. The molecule has 0 amide bonds. The van der Waals surface area contributed by atoms with Crippen LogP contribution in [0.5, 0.6) is 0 Å². The largest absolute Gasteiger partial charge is 0.383 e. The van der Waals surface area contributed by atoms with E-state index in [9.17, 15) is 0 Å². The lowest BCUT2D eigenvalue weighted by Crippen LogP contribution is -2.45. The second kappa shape index (κ2) is 11.0. The van der Waals surface area contributed by atoms with Gasteiger partial charge in [-0.25, -0.2) is 0 Å². The highest BCUT2D eigenvalue weighted by Crippen LogP contribution is 2.09. The van der Waals surface area contributed by atoms with E-state index in [1.54, 1.807) is 7.11 Å². The Labute approximate surface area is 108 Å². The summed E-state index contributed by atoms with van der Waals surface area (Å²) in [4.78, 5) is 2.48. The summed E-state index contributed by atoms with van der Waals surface area (Å²) < 4.78 is 5.16. The zero-order chi connectivity index (χ0) is 13.1. The highest BCUT2D eigenvalue weighted by molar-refractivity contribution is 4.76. The van der Waals surface area contributed by atoms with Crippen molar-refractivity contribution in [2.24, 2.45) is 5.92 Å². The van der Waals surface area contributed by atoms with Crippen molar-refractivity contribution in [1.82, 2.24) is 10.2 Å². The second-order valence-corrected chi connectivity index (χ2v) is 4.83. The van der Waals surface area contributed by atoms with Gasteiger partial charge in [0.1, 0.15) is 0 Å². The number of likely N-dealkylation sites (N-methyl/N-ethyl adjacent to an activating group) is 1. The first-order chi connectivity index (χ1) is 8.19. The Bertz CT molecular complexity index is 164. The summed E-state index contributed by atoms with van der Waals surface area (Å²) in [6.07, 6.45) is 2.44. The molecule has 0 heterocycles. The zero-order valence-corrected chi connectivity index (χ0v) is 12.5. The van der Waals surface area contributed by atoms with Crippen LogP contribution in [0.2, 0.25) is 0 Å². The normalized spacial score (nSPS) is 15.2. The number of hydrogen-bond acceptors (Lipinski definition) is 3. The van der Waals surface area contributed by atoms with Crippen molar-refractivity contribution in [2.45, 2.75) is 46.6 Å². The predicted molar refractivity (Wildman–Crippen MR) is 75.5 cm³/mol. The molecule has 104 valence electrons. The van der Waals surface area contributed by atoms with E-state index in [2.05, 4.69) is 37.9 Å². The van der Waals surface area contributed by atoms with Crippen molar-refractivity contribution in [3.63, 3.8) is 0 Å². The van der Waals surface area contributed by atoms with Gasteiger partial charge in [-0.05, 0) is 25.4 Å². The summed E-state index contributed by atoms with van der Waals surface area (Å²) in [5, 5.41) is 3.68. The predicted octanol–water partition coefficient (Wildman–Crippen LogP) is 2.37. The van der Waals surface area contributed by atoms with Crippen molar-refractivity contribution < 1.29 is 4.74 Å². The molecule has 0 radical (unpaired) electrons. The standard InChI is InChI=1S/C14H32N2O/c1-6-9-15-14(13(4)7-2)12-16(8-3)10-11-17-5/h13-15H,6-12H2,1-5H3. The van der Waals surface area contributed by atoms with Crippen molar-refractivity contribution in [1.29, 1.82) is 0 Å². The summed E-state index contributed by atoms with van der Waals surface area (Å²) in [5.74, 6) is 0.734. The Morgan fingerprint density at radius 1 is 1.24 bits per heavy atom. The highest BCUT2D eigenvalue weighted by Gasteiger charge is 2.17. The Balaban J connectivity index is 4.16. The minimum absolute atomic E-state index is 0.608. The SMILES string of the molecule is CCCNC(CN(CC)CCOC)C(C)CC. The monoisotopic (exact) mass is 244 g/mol. The number of hydrogen-bond donors (Lipinski definition) is 1. The van der Waals surface area contributed by atoms with Gasteiger partial charge >= 0.3 is 0 Å². The number of nitrogens with zero attached hydrogens (tertiary/aromatic N) is 1. The molecule has 0 aromatic rings. The van der Waals surface area contributed by atoms with Crippen LogP contribution in [0.1, 0.15) is 40.5 Å². The van der Waals surface area contributed by atoms with Crippen LogP contribution in [0.25, 0.3) is 0 Å². The first kappa shape index (κ1) is 16.9. The van der Waals surface area contributed by atoms with Crippen LogP contribution < -0.4 is 5.32 Å². The van der Waals surface area contributed by atoms with E-state index in [-0.39, 0.29) is 0 Å². The summed E-state index contributed by atoms with van der Waals surface area (Å²) in [5.41, 5.74) is 0. The summed E-state index contributed by atoms with van der Waals surface area (Å²) in [6, 6.07) is 0.608. The third-order valence-corrected chi connectivity index (χ3v) is 3.50. The molecule has 2 atom stereocenters. The molecule has 0 saturated carbocycles. The summed E-state index contributed by atoms with van der Waals surface area (Å²) in [7, 11) is 1.77. The third-order valence-electron chi connectivity index (χ3n) is 3.50. The molecule has 3 nitrogen and oxygen atoms in total. The molecule has 0 fully saturated rings.